The van der Waals surface area contributed by atoms with Gasteiger partial charge in [-0.15, -0.1) is 0 Å². The van der Waals surface area contributed by atoms with Crippen LogP contribution in [-0.4, -0.2) is 80.1 Å². The molecule has 3 heterocycles. The van der Waals surface area contributed by atoms with Gasteiger partial charge in [0.2, 0.25) is 11.8 Å². The van der Waals surface area contributed by atoms with E-state index in [2.05, 4.69) is 32.3 Å². The zero-order chi connectivity index (χ0) is 24.7. The Bertz CT molecular complexity index is 1010. The predicted molar refractivity (Wildman–Crippen MR) is 125 cm³/mol. The first-order chi connectivity index (χ1) is 16.9. The Kier molecular flexibility index (Phi) is 8.25. The summed E-state index contributed by atoms with van der Waals surface area (Å²) < 4.78 is 48.9. The van der Waals surface area contributed by atoms with E-state index in [1.165, 1.54) is 11.1 Å². The molecule has 0 radical (unpaired) electrons. The van der Waals surface area contributed by atoms with Gasteiger partial charge in [0.25, 0.3) is 0 Å². The molecule has 0 bridgehead atoms. The number of hydrogen-bond acceptors (Lipinski definition) is 8. The van der Waals surface area contributed by atoms with Crippen LogP contribution in [0.1, 0.15) is 23.1 Å². The van der Waals surface area contributed by atoms with E-state index in [0.717, 1.165) is 52.1 Å². The lowest BCUT2D eigenvalue weighted by molar-refractivity contribution is -0.154. The molecular weight excluding hydrogens is 461 g/mol. The molecule has 8 nitrogen and oxygen atoms in total. The summed E-state index contributed by atoms with van der Waals surface area (Å²) in [6.45, 7) is 4.23. The summed E-state index contributed by atoms with van der Waals surface area (Å²) in [5.74, 6) is 0.0929. The molecule has 4 rings (SSSR count). The Hall–Kier alpha value is -3.10. The van der Waals surface area contributed by atoms with Crippen LogP contribution in [0, 0.1) is 11.3 Å². The molecule has 1 aromatic heterocycles. The van der Waals surface area contributed by atoms with Crippen LogP contribution in [-0.2, 0) is 17.6 Å². The molecule has 0 saturated carbocycles. The Labute approximate surface area is 202 Å². The van der Waals surface area contributed by atoms with Gasteiger partial charge in [-0.05, 0) is 36.9 Å². The fourth-order valence-corrected chi connectivity index (χ4v) is 4.30. The van der Waals surface area contributed by atoms with Gasteiger partial charge in [-0.1, -0.05) is 24.3 Å². The first-order valence-corrected chi connectivity index (χ1v) is 11.8. The summed E-state index contributed by atoms with van der Waals surface area (Å²) in [7, 11) is 0. The maximum atomic E-state index is 12.9. The van der Waals surface area contributed by atoms with Crippen molar-refractivity contribution in [3.63, 3.8) is 0 Å². The van der Waals surface area contributed by atoms with Crippen LogP contribution in [0.4, 0.5) is 24.9 Å². The molecule has 1 aromatic carbocycles. The molecule has 1 saturated heterocycles. The second-order valence-corrected chi connectivity index (χ2v) is 8.56. The Morgan fingerprint density at radius 2 is 1.74 bits per heavy atom. The van der Waals surface area contributed by atoms with Crippen LogP contribution < -0.4 is 15.0 Å². The maximum Gasteiger partial charge on any atom is 0.422 e. The van der Waals surface area contributed by atoms with Gasteiger partial charge in [0, 0.05) is 32.7 Å². The van der Waals surface area contributed by atoms with Crippen molar-refractivity contribution in [1.29, 1.82) is 5.26 Å². The largest absolute Gasteiger partial charge is 0.467 e. The lowest BCUT2D eigenvalue weighted by atomic mass is 10.0. The number of nitrogens with zero attached hydrogens (tertiary/aromatic N) is 5. The smallest absolute Gasteiger partial charge is 0.422 e. The number of morpholine rings is 1. The molecular formula is C24H29F3N6O2. The normalized spacial score (nSPS) is 16.8. The fourth-order valence-electron chi connectivity index (χ4n) is 4.30. The van der Waals surface area contributed by atoms with Gasteiger partial charge in [-0.2, -0.15) is 28.4 Å². The number of benzene rings is 1. The van der Waals surface area contributed by atoms with Crippen molar-refractivity contribution in [2.24, 2.45) is 0 Å². The second kappa shape index (κ2) is 11.6. The van der Waals surface area contributed by atoms with E-state index in [4.69, 9.17) is 9.47 Å². The van der Waals surface area contributed by atoms with Crippen molar-refractivity contribution in [2.45, 2.75) is 25.4 Å². The molecule has 35 heavy (non-hydrogen) atoms. The average molecular weight is 491 g/mol. The van der Waals surface area contributed by atoms with E-state index in [9.17, 15) is 18.4 Å². The summed E-state index contributed by atoms with van der Waals surface area (Å²) in [5, 5.41) is 12.9. The van der Waals surface area contributed by atoms with Gasteiger partial charge >= 0.3 is 6.18 Å². The van der Waals surface area contributed by atoms with E-state index in [1.54, 1.807) is 0 Å². The van der Waals surface area contributed by atoms with Crippen molar-refractivity contribution < 1.29 is 22.6 Å². The molecule has 2 aliphatic rings. The van der Waals surface area contributed by atoms with Crippen molar-refractivity contribution >= 4 is 11.8 Å². The van der Waals surface area contributed by atoms with Gasteiger partial charge in [0.15, 0.2) is 18.0 Å². The average Bonchev–Trinajstić information content (AvgIpc) is 3.08. The number of aromatic nitrogens is 2. The number of alkyl halides is 3. The van der Waals surface area contributed by atoms with Crippen LogP contribution in [0.25, 0.3) is 0 Å². The van der Waals surface area contributed by atoms with Crippen molar-refractivity contribution in [1.82, 2.24) is 14.9 Å². The number of ether oxygens (including phenoxy) is 2. The molecule has 0 amide bonds. The molecule has 0 atom stereocenters. The summed E-state index contributed by atoms with van der Waals surface area (Å²) in [5.41, 5.74) is 2.36. The van der Waals surface area contributed by atoms with Gasteiger partial charge in [0.05, 0.1) is 13.2 Å². The molecule has 2 aliphatic heterocycles. The molecule has 1 N–H and O–H groups in total. The number of halogens is 3. The third-order valence-electron chi connectivity index (χ3n) is 6.10. The molecule has 0 aliphatic carbocycles. The minimum absolute atomic E-state index is 0.0842. The third-order valence-corrected chi connectivity index (χ3v) is 6.10. The van der Waals surface area contributed by atoms with Crippen LogP contribution in [0.15, 0.2) is 24.3 Å². The van der Waals surface area contributed by atoms with E-state index in [0.29, 0.717) is 25.5 Å². The first-order valence-electron chi connectivity index (χ1n) is 11.8. The number of fused-ring (bicyclic) bond motifs is 1. The van der Waals surface area contributed by atoms with Crippen molar-refractivity contribution in [2.75, 3.05) is 69.3 Å². The molecule has 2 aromatic rings. The SMILES string of the molecule is N#Cc1c(OCC(F)(F)F)nc(NCCCN2CCOCC2)nc1N1CCc2ccccc2CC1. The first kappa shape index (κ1) is 25.0. The minimum atomic E-state index is -4.55. The number of rotatable bonds is 8. The van der Waals surface area contributed by atoms with Gasteiger partial charge < -0.3 is 19.7 Å². The topological polar surface area (TPSA) is 86.5 Å². The van der Waals surface area contributed by atoms with Gasteiger partial charge in [0.1, 0.15) is 6.07 Å². The number of nitriles is 1. The lowest BCUT2D eigenvalue weighted by Crippen LogP contribution is -2.37. The lowest BCUT2D eigenvalue weighted by Gasteiger charge is -2.26. The Morgan fingerprint density at radius 3 is 2.37 bits per heavy atom. The molecule has 1 fully saturated rings. The van der Waals surface area contributed by atoms with Crippen LogP contribution in [0.5, 0.6) is 5.88 Å². The Balaban J connectivity index is 1.52. The van der Waals surface area contributed by atoms with Crippen LogP contribution in [0.2, 0.25) is 0 Å². The predicted octanol–water partition coefficient (Wildman–Crippen LogP) is 3.03. The summed E-state index contributed by atoms with van der Waals surface area (Å²) in [6, 6.07) is 10.1. The van der Waals surface area contributed by atoms with Gasteiger partial charge in [-0.3, -0.25) is 4.90 Å². The highest BCUT2D eigenvalue weighted by atomic mass is 19.4. The highest BCUT2D eigenvalue weighted by Gasteiger charge is 2.31. The Morgan fingerprint density at radius 1 is 1.06 bits per heavy atom. The molecule has 11 heteroatoms. The van der Waals surface area contributed by atoms with E-state index >= 15 is 0 Å². The second-order valence-electron chi connectivity index (χ2n) is 8.56. The summed E-state index contributed by atoms with van der Waals surface area (Å²) >= 11 is 0. The summed E-state index contributed by atoms with van der Waals surface area (Å²) in [6.07, 6.45) is -2.26. The number of nitrogens with one attached hydrogen (secondary N) is 1. The summed E-state index contributed by atoms with van der Waals surface area (Å²) in [4.78, 5) is 12.9. The zero-order valence-corrected chi connectivity index (χ0v) is 19.5. The quantitative estimate of drug-likeness (QED) is 0.566. The van der Waals surface area contributed by atoms with Crippen molar-refractivity contribution in [3.8, 4) is 11.9 Å². The fraction of sp³-hybridized carbons (Fsp3) is 0.542. The van der Waals surface area contributed by atoms with Gasteiger partial charge in [-0.25, -0.2) is 0 Å². The molecule has 0 unspecified atom stereocenters. The highest BCUT2D eigenvalue weighted by molar-refractivity contribution is 5.61. The van der Waals surface area contributed by atoms with Crippen LogP contribution >= 0.6 is 0 Å². The van der Waals surface area contributed by atoms with E-state index in [-0.39, 0.29) is 17.4 Å². The van der Waals surface area contributed by atoms with Crippen LogP contribution in [0.3, 0.4) is 0 Å². The minimum Gasteiger partial charge on any atom is -0.467 e. The number of anilines is 2. The van der Waals surface area contributed by atoms with E-state index < -0.39 is 12.8 Å². The zero-order valence-electron chi connectivity index (χ0n) is 19.5. The van der Waals surface area contributed by atoms with Crippen molar-refractivity contribution in [3.05, 3.63) is 41.0 Å². The number of hydrogen-bond donors (Lipinski definition) is 1. The van der Waals surface area contributed by atoms with E-state index in [1.807, 2.05) is 23.1 Å². The maximum absolute atomic E-state index is 12.9. The standard InChI is InChI=1S/C24H29F3N6O2/c25-24(26,27)17-35-22-20(16-28)21(33-10-6-18-4-1-2-5-19(18)7-11-33)30-23(31-22)29-8-3-9-32-12-14-34-15-13-32/h1-2,4-5H,3,6-15,17H2,(H,29,30,31). The molecule has 0 spiro atoms. The third kappa shape index (κ3) is 6.96. The monoisotopic (exact) mass is 490 g/mol. The molecule has 188 valence electrons. The highest BCUT2D eigenvalue weighted by Crippen LogP contribution is 2.30.